The van der Waals surface area contributed by atoms with Gasteiger partial charge in [-0.25, -0.2) is 4.79 Å². The minimum Gasteiger partial charge on any atom is -0.468 e. The summed E-state index contributed by atoms with van der Waals surface area (Å²) < 4.78 is 16.8. The van der Waals surface area contributed by atoms with Crippen molar-refractivity contribution in [3.05, 3.63) is 35.3 Å². The number of carbonyl (C=O) groups excluding carboxylic acids is 3. The zero-order chi connectivity index (χ0) is 20.7. The molecule has 5 rings (SSSR count). The zero-order valence-electron chi connectivity index (χ0n) is 16.6. The van der Waals surface area contributed by atoms with Gasteiger partial charge in [0.2, 0.25) is 0 Å². The fourth-order valence-electron chi connectivity index (χ4n) is 6.67. The molecular formula is C22H24O7. The molecule has 1 aromatic rings. The molecule has 1 N–H and O–H groups in total. The van der Waals surface area contributed by atoms with E-state index in [9.17, 15) is 19.5 Å². The number of aliphatic hydroxyl groups is 1. The monoisotopic (exact) mass is 400 g/mol. The number of esters is 2. The van der Waals surface area contributed by atoms with Crippen LogP contribution in [0.25, 0.3) is 0 Å². The maximum atomic E-state index is 13.2. The van der Waals surface area contributed by atoms with E-state index in [2.05, 4.69) is 0 Å². The molecule has 7 atom stereocenters. The fraction of sp³-hybridized carbons (Fsp3) is 0.591. The third-order valence-corrected chi connectivity index (χ3v) is 7.96. The highest BCUT2D eigenvalue weighted by Crippen LogP contribution is 2.68. The standard InChI is InChI=1S/C22H24O7/c1-10-16(29-11(2)23)19(25)22-9-28-20(26)14(22)5-4-13-17-12(6-7-27-17)15(24)8-21(10,3)18(13)22/h5-7,10,13,16,18-19,25H,4,8-9H2,1-3H3/t10-,13+,16+,18-,19-,21+,22+/m1/s1. The van der Waals surface area contributed by atoms with Crippen molar-refractivity contribution in [2.75, 3.05) is 6.61 Å². The summed E-state index contributed by atoms with van der Waals surface area (Å²) in [5.74, 6) is -1.12. The molecule has 1 spiro atoms. The molecule has 0 unspecified atom stereocenters. The molecule has 2 heterocycles. The van der Waals surface area contributed by atoms with Crippen LogP contribution in [0, 0.1) is 22.7 Å². The van der Waals surface area contributed by atoms with E-state index in [-0.39, 0.29) is 36.6 Å². The predicted molar refractivity (Wildman–Crippen MR) is 98.8 cm³/mol. The molecule has 0 aromatic carbocycles. The Morgan fingerprint density at radius 2 is 2.10 bits per heavy atom. The number of hydrogen-bond donors (Lipinski definition) is 1. The Labute approximate surface area is 168 Å². The SMILES string of the molecule is CC(=O)O[C@H]1[C@@H](C)[C@]2(C)CC(=O)c3ccoc3[C@@H]3CC=C4C(=O)OC[C@@]4([C@@H]1O)[C@H]32. The molecule has 2 fully saturated rings. The highest BCUT2D eigenvalue weighted by molar-refractivity contribution is 5.99. The minimum atomic E-state index is -1.12. The highest BCUT2D eigenvalue weighted by Gasteiger charge is 2.72. The van der Waals surface area contributed by atoms with E-state index in [1.54, 1.807) is 6.07 Å². The van der Waals surface area contributed by atoms with Crippen molar-refractivity contribution in [2.24, 2.45) is 22.7 Å². The van der Waals surface area contributed by atoms with Crippen LogP contribution in [0.5, 0.6) is 0 Å². The van der Waals surface area contributed by atoms with E-state index in [4.69, 9.17) is 13.9 Å². The predicted octanol–water partition coefficient (Wildman–Crippen LogP) is 2.39. The smallest absolute Gasteiger partial charge is 0.334 e. The molecule has 1 saturated carbocycles. The number of carbonyl (C=O) groups is 3. The molecule has 0 bridgehead atoms. The highest BCUT2D eigenvalue weighted by atomic mass is 16.6. The molecule has 1 aromatic heterocycles. The summed E-state index contributed by atoms with van der Waals surface area (Å²) in [5.41, 5.74) is -0.677. The summed E-state index contributed by atoms with van der Waals surface area (Å²) in [4.78, 5) is 37.6. The van der Waals surface area contributed by atoms with Crippen LogP contribution in [-0.2, 0) is 19.1 Å². The van der Waals surface area contributed by atoms with Crippen LogP contribution in [0.15, 0.2) is 28.4 Å². The first-order valence-corrected chi connectivity index (χ1v) is 10.1. The molecule has 3 aliphatic carbocycles. The average Bonchev–Trinajstić information content (AvgIpc) is 3.26. The van der Waals surface area contributed by atoms with Gasteiger partial charge >= 0.3 is 11.9 Å². The first-order valence-electron chi connectivity index (χ1n) is 10.1. The fourth-order valence-corrected chi connectivity index (χ4v) is 6.67. The van der Waals surface area contributed by atoms with Crippen LogP contribution in [-0.4, -0.2) is 41.6 Å². The average molecular weight is 400 g/mol. The normalized spacial score (nSPS) is 42.8. The van der Waals surface area contributed by atoms with Gasteiger partial charge < -0.3 is 19.0 Å². The van der Waals surface area contributed by atoms with Gasteiger partial charge in [0.05, 0.1) is 17.2 Å². The van der Waals surface area contributed by atoms with Gasteiger partial charge in [0.1, 0.15) is 24.6 Å². The minimum absolute atomic E-state index is 0.00427. The molecule has 4 aliphatic rings. The van der Waals surface area contributed by atoms with E-state index in [0.717, 1.165) is 0 Å². The van der Waals surface area contributed by atoms with Crippen molar-refractivity contribution in [3.8, 4) is 0 Å². The Morgan fingerprint density at radius 3 is 2.83 bits per heavy atom. The summed E-state index contributed by atoms with van der Waals surface area (Å²) in [6, 6.07) is 1.70. The number of ketones is 1. The van der Waals surface area contributed by atoms with Gasteiger partial charge in [-0.15, -0.1) is 0 Å². The van der Waals surface area contributed by atoms with E-state index in [1.807, 2.05) is 19.9 Å². The van der Waals surface area contributed by atoms with Crippen molar-refractivity contribution in [1.82, 2.24) is 0 Å². The molecule has 154 valence electrons. The lowest BCUT2D eigenvalue weighted by atomic mass is 9.43. The molecule has 0 radical (unpaired) electrons. The van der Waals surface area contributed by atoms with E-state index in [0.29, 0.717) is 23.3 Å². The van der Waals surface area contributed by atoms with Crippen LogP contribution >= 0.6 is 0 Å². The Balaban J connectivity index is 1.78. The first kappa shape index (κ1) is 18.6. The van der Waals surface area contributed by atoms with Crippen LogP contribution in [0.2, 0.25) is 0 Å². The molecule has 1 saturated heterocycles. The number of aliphatic hydroxyl groups excluding tert-OH is 1. The van der Waals surface area contributed by atoms with Gasteiger partial charge in [-0.3, -0.25) is 9.59 Å². The van der Waals surface area contributed by atoms with Crippen LogP contribution in [0.1, 0.15) is 55.6 Å². The van der Waals surface area contributed by atoms with E-state index < -0.39 is 35.0 Å². The van der Waals surface area contributed by atoms with Crippen LogP contribution in [0.3, 0.4) is 0 Å². The molecule has 0 amide bonds. The number of ether oxygens (including phenoxy) is 2. The van der Waals surface area contributed by atoms with Crippen molar-refractivity contribution < 1.29 is 33.4 Å². The largest absolute Gasteiger partial charge is 0.468 e. The summed E-state index contributed by atoms with van der Waals surface area (Å²) in [5, 5.41) is 11.5. The first-order chi connectivity index (χ1) is 13.7. The maximum Gasteiger partial charge on any atom is 0.334 e. The number of rotatable bonds is 1. The van der Waals surface area contributed by atoms with Gasteiger partial charge in [0.15, 0.2) is 5.78 Å². The third-order valence-electron chi connectivity index (χ3n) is 7.96. The number of allylic oxidation sites excluding steroid dienone is 1. The lowest BCUT2D eigenvalue weighted by Crippen LogP contribution is -2.66. The van der Waals surface area contributed by atoms with Gasteiger partial charge in [0, 0.05) is 30.8 Å². The second-order valence-electron chi connectivity index (χ2n) is 9.17. The van der Waals surface area contributed by atoms with Gasteiger partial charge in [-0.05, 0) is 23.8 Å². The van der Waals surface area contributed by atoms with Crippen LogP contribution in [0.4, 0.5) is 0 Å². The zero-order valence-corrected chi connectivity index (χ0v) is 16.6. The Hall–Kier alpha value is -2.41. The maximum absolute atomic E-state index is 13.2. The number of hydrogen-bond acceptors (Lipinski definition) is 7. The lowest BCUT2D eigenvalue weighted by molar-refractivity contribution is -0.215. The second-order valence-corrected chi connectivity index (χ2v) is 9.17. The van der Waals surface area contributed by atoms with Crippen molar-refractivity contribution >= 4 is 17.7 Å². The van der Waals surface area contributed by atoms with Gasteiger partial charge in [0.25, 0.3) is 0 Å². The number of Topliss-reactive ketones (excluding diaryl/α,β-unsaturated/α-hetero) is 1. The van der Waals surface area contributed by atoms with Crippen LogP contribution < -0.4 is 0 Å². The van der Waals surface area contributed by atoms with Gasteiger partial charge in [-0.1, -0.05) is 19.9 Å². The lowest BCUT2D eigenvalue weighted by Gasteiger charge is -2.61. The van der Waals surface area contributed by atoms with Crippen molar-refractivity contribution in [1.29, 1.82) is 0 Å². The summed E-state index contributed by atoms with van der Waals surface area (Å²) in [6.45, 7) is 5.23. The summed E-state index contributed by atoms with van der Waals surface area (Å²) in [6.07, 6.45) is 2.11. The Kier molecular flexibility index (Phi) is 3.73. The Morgan fingerprint density at radius 1 is 1.34 bits per heavy atom. The topological polar surface area (TPSA) is 103 Å². The second kappa shape index (κ2) is 5.81. The Bertz CT molecular complexity index is 958. The van der Waals surface area contributed by atoms with Gasteiger partial charge in [-0.2, -0.15) is 0 Å². The molecule has 7 nitrogen and oxygen atoms in total. The quantitative estimate of drug-likeness (QED) is 0.722. The summed E-state index contributed by atoms with van der Waals surface area (Å²) in [7, 11) is 0. The van der Waals surface area contributed by atoms with E-state index in [1.165, 1.54) is 13.2 Å². The van der Waals surface area contributed by atoms with E-state index >= 15 is 0 Å². The molecule has 7 heteroatoms. The summed E-state index contributed by atoms with van der Waals surface area (Å²) >= 11 is 0. The van der Waals surface area contributed by atoms with Crippen molar-refractivity contribution in [2.45, 2.75) is 51.7 Å². The third kappa shape index (κ3) is 2.14. The number of fused-ring (bicyclic) bond motifs is 2. The van der Waals surface area contributed by atoms with Crippen molar-refractivity contribution in [3.63, 3.8) is 0 Å². The number of furan rings is 1. The molecular weight excluding hydrogens is 376 g/mol. The number of cyclic esters (lactones) is 1. The molecule has 1 aliphatic heterocycles. The molecule has 29 heavy (non-hydrogen) atoms.